The van der Waals surface area contributed by atoms with Crippen LogP contribution in [0.5, 0.6) is 5.75 Å². The Hall–Kier alpha value is -1.24. The molecular formula is C12H11BrF3NO2. The zero-order valence-electron chi connectivity index (χ0n) is 9.76. The number of benzene rings is 1. The Morgan fingerprint density at radius 3 is 2.58 bits per heavy atom. The van der Waals surface area contributed by atoms with Gasteiger partial charge in [0.2, 0.25) is 0 Å². The number of hydrogen-bond donors (Lipinski definition) is 1. The standard InChI is InChI=1S/C12H11BrF3NO2/c13-7-4-5-9(10(6-7)19-12(14,15)16)11(18)17-8-2-1-3-8/h4-6,8H,1-3H2,(H,17,18). The van der Waals surface area contributed by atoms with Crippen LogP contribution in [0.15, 0.2) is 22.7 Å². The number of halogens is 4. The van der Waals surface area contributed by atoms with Crippen molar-refractivity contribution in [1.82, 2.24) is 5.32 Å². The lowest BCUT2D eigenvalue weighted by Gasteiger charge is -2.26. The van der Waals surface area contributed by atoms with Gasteiger partial charge in [0.1, 0.15) is 5.75 Å². The van der Waals surface area contributed by atoms with Crippen molar-refractivity contribution in [3.05, 3.63) is 28.2 Å². The van der Waals surface area contributed by atoms with E-state index in [0.29, 0.717) is 4.47 Å². The van der Waals surface area contributed by atoms with Crippen molar-refractivity contribution >= 4 is 21.8 Å². The summed E-state index contributed by atoms with van der Waals surface area (Å²) in [5.74, 6) is -1.05. The van der Waals surface area contributed by atoms with E-state index in [9.17, 15) is 18.0 Å². The highest BCUT2D eigenvalue weighted by Crippen LogP contribution is 2.30. The van der Waals surface area contributed by atoms with E-state index < -0.39 is 18.0 Å². The predicted octanol–water partition coefficient (Wildman–Crippen LogP) is 3.63. The van der Waals surface area contributed by atoms with Gasteiger partial charge in [0.15, 0.2) is 0 Å². The first kappa shape index (κ1) is 14.2. The largest absolute Gasteiger partial charge is 0.573 e. The quantitative estimate of drug-likeness (QED) is 0.914. The SMILES string of the molecule is O=C(NC1CCC1)c1ccc(Br)cc1OC(F)(F)F. The smallest absolute Gasteiger partial charge is 0.405 e. The molecule has 19 heavy (non-hydrogen) atoms. The van der Waals surface area contributed by atoms with Crippen molar-refractivity contribution in [2.24, 2.45) is 0 Å². The molecule has 1 aromatic rings. The molecule has 1 fully saturated rings. The number of amides is 1. The van der Waals surface area contributed by atoms with Gasteiger partial charge in [-0.3, -0.25) is 4.79 Å². The predicted molar refractivity (Wildman–Crippen MR) is 65.9 cm³/mol. The fourth-order valence-electron chi connectivity index (χ4n) is 1.71. The van der Waals surface area contributed by atoms with Crippen molar-refractivity contribution in [3.8, 4) is 5.75 Å². The van der Waals surface area contributed by atoms with E-state index in [4.69, 9.17) is 0 Å². The number of nitrogens with one attached hydrogen (secondary N) is 1. The van der Waals surface area contributed by atoms with Gasteiger partial charge < -0.3 is 10.1 Å². The topological polar surface area (TPSA) is 38.3 Å². The highest BCUT2D eigenvalue weighted by atomic mass is 79.9. The number of carbonyl (C=O) groups is 1. The van der Waals surface area contributed by atoms with Crippen molar-refractivity contribution < 1.29 is 22.7 Å². The van der Waals surface area contributed by atoms with Crippen LogP contribution in [0.25, 0.3) is 0 Å². The molecule has 0 heterocycles. The van der Waals surface area contributed by atoms with E-state index in [0.717, 1.165) is 25.3 Å². The highest BCUT2D eigenvalue weighted by Gasteiger charge is 2.33. The van der Waals surface area contributed by atoms with Crippen LogP contribution in [0.4, 0.5) is 13.2 Å². The molecule has 0 radical (unpaired) electrons. The molecule has 1 amide bonds. The number of alkyl halides is 3. The Kier molecular flexibility index (Phi) is 4.03. The van der Waals surface area contributed by atoms with E-state index >= 15 is 0 Å². The van der Waals surface area contributed by atoms with Crippen molar-refractivity contribution in [1.29, 1.82) is 0 Å². The molecule has 0 unspecified atom stereocenters. The van der Waals surface area contributed by atoms with Gasteiger partial charge in [0, 0.05) is 10.5 Å². The second-order valence-corrected chi connectivity index (χ2v) is 5.21. The molecule has 1 aliphatic rings. The molecule has 0 atom stereocenters. The summed E-state index contributed by atoms with van der Waals surface area (Å²) in [4.78, 5) is 11.9. The molecule has 2 rings (SSSR count). The van der Waals surface area contributed by atoms with E-state index in [2.05, 4.69) is 26.0 Å². The Labute approximate surface area is 116 Å². The fraction of sp³-hybridized carbons (Fsp3) is 0.417. The van der Waals surface area contributed by atoms with Crippen molar-refractivity contribution in [3.63, 3.8) is 0 Å². The minimum atomic E-state index is -4.83. The average Bonchev–Trinajstić information content (AvgIpc) is 2.21. The minimum Gasteiger partial charge on any atom is -0.405 e. The summed E-state index contributed by atoms with van der Waals surface area (Å²) in [6, 6.07) is 3.98. The Morgan fingerprint density at radius 1 is 1.37 bits per heavy atom. The minimum absolute atomic E-state index is 0.0508. The molecule has 7 heteroatoms. The molecule has 0 spiro atoms. The Bertz CT molecular complexity index is 486. The van der Waals surface area contributed by atoms with Gasteiger partial charge in [-0.1, -0.05) is 15.9 Å². The first-order chi connectivity index (χ1) is 8.85. The lowest BCUT2D eigenvalue weighted by molar-refractivity contribution is -0.274. The lowest BCUT2D eigenvalue weighted by Crippen LogP contribution is -2.39. The van der Waals surface area contributed by atoms with E-state index in [1.165, 1.54) is 12.1 Å². The van der Waals surface area contributed by atoms with Crippen LogP contribution in [0.1, 0.15) is 29.6 Å². The second kappa shape index (κ2) is 5.40. The van der Waals surface area contributed by atoms with Crippen LogP contribution in [-0.2, 0) is 0 Å². The number of hydrogen-bond acceptors (Lipinski definition) is 2. The summed E-state index contributed by atoms with van der Waals surface area (Å²) in [6.07, 6.45) is -2.08. The van der Waals surface area contributed by atoms with Gasteiger partial charge >= 0.3 is 6.36 Å². The zero-order chi connectivity index (χ0) is 14.0. The summed E-state index contributed by atoms with van der Waals surface area (Å²) in [7, 11) is 0. The van der Waals surface area contributed by atoms with Crippen molar-refractivity contribution in [2.45, 2.75) is 31.7 Å². The monoisotopic (exact) mass is 337 g/mol. The molecule has 1 aromatic carbocycles. The van der Waals surface area contributed by atoms with Gasteiger partial charge in [0.25, 0.3) is 5.91 Å². The van der Waals surface area contributed by atoms with Gasteiger partial charge in [-0.15, -0.1) is 13.2 Å². The summed E-state index contributed by atoms with van der Waals surface area (Å²) in [5.41, 5.74) is -0.118. The number of ether oxygens (including phenoxy) is 1. The molecule has 0 bridgehead atoms. The van der Waals surface area contributed by atoms with Gasteiger partial charge in [-0.2, -0.15) is 0 Å². The first-order valence-corrected chi connectivity index (χ1v) is 6.50. The first-order valence-electron chi connectivity index (χ1n) is 5.71. The summed E-state index contributed by atoms with van der Waals surface area (Å²) in [5, 5.41) is 2.68. The van der Waals surface area contributed by atoms with E-state index in [1.54, 1.807) is 0 Å². The van der Waals surface area contributed by atoms with Gasteiger partial charge in [0.05, 0.1) is 5.56 Å². The summed E-state index contributed by atoms with van der Waals surface area (Å²) >= 11 is 3.05. The molecule has 0 saturated heterocycles. The second-order valence-electron chi connectivity index (χ2n) is 4.29. The average molecular weight is 338 g/mol. The molecule has 3 nitrogen and oxygen atoms in total. The molecular weight excluding hydrogens is 327 g/mol. The number of carbonyl (C=O) groups excluding carboxylic acids is 1. The van der Waals surface area contributed by atoms with Crippen LogP contribution >= 0.6 is 15.9 Å². The number of rotatable bonds is 3. The van der Waals surface area contributed by atoms with Crippen LogP contribution < -0.4 is 10.1 Å². The molecule has 0 aromatic heterocycles. The molecule has 0 aliphatic heterocycles. The molecule has 1 aliphatic carbocycles. The van der Waals surface area contributed by atoms with Crippen molar-refractivity contribution in [2.75, 3.05) is 0 Å². The van der Waals surface area contributed by atoms with Crippen LogP contribution in [-0.4, -0.2) is 18.3 Å². The maximum absolute atomic E-state index is 12.3. The molecule has 104 valence electrons. The van der Waals surface area contributed by atoms with E-state index in [-0.39, 0.29) is 11.6 Å². The molecule has 1 saturated carbocycles. The maximum Gasteiger partial charge on any atom is 0.573 e. The normalized spacial score (nSPS) is 15.8. The lowest BCUT2D eigenvalue weighted by atomic mass is 9.93. The highest BCUT2D eigenvalue weighted by molar-refractivity contribution is 9.10. The Balaban J connectivity index is 2.20. The van der Waals surface area contributed by atoms with Crippen LogP contribution in [0.3, 0.4) is 0 Å². The third-order valence-electron chi connectivity index (χ3n) is 2.85. The molecule has 1 N–H and O–H groups in total. The third-order valence-corrected chi connectivity index (χ3v) is 3.35. The van der Waals surface area contributed by atoms with Crippen LogP contribution in [0.2, 0.25) is 0 Å². The van der Waals surface area contributed by atoms with Gasteiger partial charge in [-0.05, 0) is 37.5 Å². The van der Waals surface area contributed by atoms with Gasteiger partial charge in [-0.25, -0.2) is 0 Å². The Morgan fingerprint density at radius 2 is 2.05 bits per heavy atom. The summed E-state index contributed by atoms with van der Waals surface area (Å²) < 4.78 is 41.1. The third kappa shape index (κ3) is 3.86. The summed E-state index contributed by atoms with van der Waals surface area (Å²) in [6.45, 7) is 0. The van der Waals surface area contributed by atoms with E-state index in [1.807, 2.05) is 0 Å². The zero-order valence-corrected chi connectivity index (χ0v) is 11.3. The fourth-order valence-corrected chi connectivity index (χ4v) is 2.05. The maximum atomic E-state index is 12.3. The van der Waals surface area contributed by atoms with Crippen LogP contribution in [0, 0.1) is 0 Å².